The number of piperidine rings is 1. The van der Waals surface area contributed by atoms with E-state index >= 15 is 0 Å². The first-order chi connectivity index (χ1) is 10.8. The van der Waals surface area contributed by atoms with Crippen molar-refractivity contribution in [2.75, 3.05) is 12.3 Å². The van der Waals surface area contributed by atoms with E-state index in [-0.39, 0.29) is 0 Å². The lowest BCUT2D eigenvalue weighted by molar-refractivity contribution is 0.0442. The summed E-state index contributed by atoms with van der Waals surface area (Å²) in [6.07, 6.45) is 10.2. The smallest absolute Gasteiger partial charge is 0.120 e. The van der Waals surface area contributed by atoms with Crippen LogP contribution < -0.4 is 5.73 Å². The second-order valence-corrected chi connectivity index (χ2v) is 6.91. The third-order valence-electron chi connectivity index (χ3n) is 5.62. The Hall–Kier alpha value is -1.81. The van der Waals surface area contributed by atoms with Crippen LogP contribution in [0.15, 0.2) is 36.7 Å². The summed E-state index contributed by atoms with van der Waals surface area (Å²) < 4.78 is 0. The molecule has 2 bridgehead atoms. The minimum absolute atomic E-state index is 0.345. The number of nitrogens with one attached hydrogen (secondary N) is 1. The molecule has 4 heteroatoms. The Morgan fingerprint density at radius 2 is 2.32 bits per heavy atom. The molecule has 2 aromatic rings. The van der Waals surface area contributed by atoms with E-state index in [1.807, 2.05) is 18.5 Å². The topological polar surface area (TPSA) is 57.9 Å². The number of aromatic nitrogens is 2. The predicted octanol–water partition coefficient (Wildman–Crippen LogP) is 3.08. The monoisotopic (exact) mass is 296 g/mol. The van der Waals surface area contributed by atoms with Crippen molar-refractivity contribution in [2.24, 2.45) is 0 Å². The first-order valence-corrected chi connectivity index (χ1v) is 8.34. The number of benzene rings is 1. The SMILES string of the molecule is Nc1cccc(C23CCCC(C2)N(Cc2ncc[nH]2)CC3)c1. The van der Waals surface area contributed by atoms with Crippen LogP contribution in [0.3, 0.4) is 0 Å². The van der Waals surface area contributed by atoms with Crippen LogP contribution >= 0.6 is 0 Å². The highest BCUT2D eigenvalue weighted by Crippen LogP contribution is 2.47. The summed E-state index contributed by atoms with van der Waals surface area (Å²) in [4.78, 5) is 10.2. The molecule has 1 aromatic carbocycles. The Labute approximate surface area is 131 Å². The van der Waals surface area contributed by atoms with E-state index < -0.39 is 0 Å². The average molecular weight is 296 g/mol. The second kappa shape index (κ2) is 5.43. The summed E-state index contributed by atoms with van der Waals surface area (Å²) in [7, 11) is 0. The van der Waals surface area contributed by atoms with Crippen molar-refractivity contribution >= 4 is 5.69 Å². The first-order valence-electron chi connectivity index (χ1n) is 8.34. The number of H-pyrrole nitrogens is 1. The molecule has 2 fully saturated rings. The van der Waals surface area contributed by atoms with E-state index in [9.17, 15) is 0 Å². The second-order valence-electron chi connectivity index (χ2n) is 6.91. The first kappa shape index (κ1) is 13.8. The van der Waals surface area contributed by atoms with Gasteiger partial charge >= 0.3 is 0 Å². The van der Waals surface area contributed by atoms with E-state index in [1.165, 1.54) is 37.7 Å². The van der Waals surface area contributed by atoms with Crippen molar-refractivity contribution in [2.45, 2.75) is 50.1 Å². The zero-order valence-corrected chi connectivity index (χ0v) is 13.0. The Bertz CT molecular complexity index is 636. The van der Waals surface area contributed by atoms with Gasteiger partial charge in [0, 0.05) is 24.1 Å². The van der Waals surface area contributed by atoms with Crippen LogP contribution in [0.2, 0.25) is 0 Å². The van der Waals surface area contributed by atoms with Crippen molar-refractivity contribution in [3.05, 3.63) is 48.0 Å². The summed E-state index contributed by atoms with van der Waals surface area (Å²) in [5, 5.41) is 0. The molecule has 2 heterocycles. The number of likely N-dealkylation sites (tertiary alicyclic amines) is 1. The quantitative estimate of drug-likeness (QED) is 0.856. The van der Waals surface area contributed by atoms with Crippen LogP contribution in [-0.4, -0.2) is 27.5 Å². The van der Waals surface area contributed by atoms with Crippen molar-refractivity contribution in [1.29, 1.82) is 0 Å². The standard InChI is InChI=1S/C18H24N4/c19-15-4-1-3-14(11-15)18-6-2-5-16(12-18)22(10-7-18)13-17-20-8-9-21-17/h1,3-4,8-9,11,16H,2,5-7,10,12-13,19H2,(H,20,21). The molecule has 3 N–H and O–H groups in total. The largest absolute Gasteiger partial charge is 0.399 e. The van der Waals surface area contributed by atoms with Crippen molar-refractivity contribution in [3.8, 4) is 0 Å². The van der Waals surface area contributed by atoms with Gasteiger partial charge in [-0.15, -0.1) is 0 Å². The predicted molar refractivity (Wildman–Crippen MR) is 88.4 cm³/mol. The minimum Gasteiger partial charge on any atom is -0.399 e. The number of imidazole rings is 1. The molecule has 1 aliphatic heterocycles. The fourth-order valence-corrected chi connectivity index (χ4v) is 4.47. The molecule has 116 valence electrons. The minimum atomic E-state index is 0.345. The highest BCUT2D eigenvalue weighted by molar-refractivity contribution is 5.44. The van der Waals surface area contributed by atoms with Gasteiger partial charge in [-0.2, -0.15) is 0 Å². The van der Waals surface area contributed by atoms with Gasteiger partial charge in [0.15, 0.2) is 0 Å². The Kier molecular flexibility index (Phi) is 3.41. The van der Waals surface area contributed by atoms with Crippen LogP contribution in [0.25, 0.3) is 0 Å². The molecular formula is C18H24N4. The number of hydrogen-bond donors (Lipinski definition) is 2. The van der Waals surface area contributed by atoms with E-state index in [4.69, 9.17) is 5.73 Å². The van der Waals surface area contributed by atoms with Crippen LogP contribution in [0.1, 0.15) is 43.5 Å². The Morgan fingerprint density at radius 1 is 1.36 bits per heavy atom. The van der Waals surface area contributed by atoms with Crippen LogP contribution in [-0.2, 0) is 12.0 Å². The van der Waals surface area contributed by atoms with Gasteiger partial charge < -0.3 is 10.7 Å². The van der Waals surface area contributed by atoms with E-state index in [1.54, 1.807) is 0 Å². The number of hydrogen-bond acceptors (Lipinski definition) is 3. The third kappa shape index (κ3) is 2.41. The number of fused-ring (bicyclic) bond motifs is 2. The summed E-state index contributed by atoms with van der Waals surface area (Å²) in [6.45, 7) is 2.10. The normalized spacial score (nSPS) is 28.6. The van der Waals surface area contributed by atoms with Gasteiger partial charge in [-0.1, -0.05) is 18.6 Å². The molecule has 1 aromatic heterocycles. The number of nitrogens with two attached hydrogens (primary N) is 1. The van der Waals surface area contributed by atoms with Crippen molar-refractivity contribution in [3.63, 3.8) is 0 Å². The molecule has 22 heavy (non-hydrogen) atoms. The van der Waals surface area contributed by atoms with Gasteiger partial charge in [-0.05, 0) is 55.3 Å². The molecule has 2 atom stereocenters. The highest BCUT2D eigenvalue weighted by atomic mass is 15.2. The Morgan fingerprint density at radius 3 is 3.14 bits per heavy atom. The molecule has 2 unspecified atom stereocenters. The van der Waals surface area contributed by atoms with E-state index in [0.29, 0.717) is 11.5 Å². The molecule has 0 amide bonds. The lowest BCUT2D eigenvalue weighted by atomic mass is 9.63. The van der Waals surface area contributed by atoms with Crippen LogP contribution in [0.4, 0.5) is 5.69 Å². The molecule has 1 aliphatic carbocycles. The van der Waals surface area contributed by atoms with Gasteiger partial charge in [0.1, 0.15) is 5.82 Å². The molecule has 2 aliphatic rings. The van der Waals surface area contributed by atoms with Crippen molar-refractivity contribution in [1.82, 2.24) is 14.9 Å². The summed E-state index contributed by atoms with van der Waals surface area (Å²) in [6, 6.07) is 9.25. The van der Waals surface area contributed by atoms with E-state index in [2.05, 4.69) is 33.1 Å². The molecule has 4 rings (SSSR count). The maximum absolute atomic E-state index is 6.03. The summed E-state index contributed by atoms with van der Waals surface area (Å²) in [5.74, 6) is 1.09. The summed E-state index contributed by atoms with van der Waals surface area (Å²) in [5.41, 5.74) is 8.72. The molecule has 1 saturated heterocycles. The maximum atomic E-state index is 6.03. The molecule has 0 spiro atoms. The average Bonchev–Trinajstić information content (AvgIpc) is 3.04. The van der Waals surface area contributed by atoms with Gasteiger partial charge in [0.2, 0.25) is 0 Å². The number of rotatable bonds is 3. The number of nitrogen functional groups attached to an aromatic ring is 1. The fourth-order valence-electron chi connectivity index (χ4n) is 4.47. The lowest BCUT2D eigenvalue weighted by Crippen LogP contribution is -2.51. The highest BCUT2D eigenvalue weighted by Gasteiger charge is 2.43. The van der Waals surface area contributed by atoms with Crippen LogP contribution in [0, 0.1) is 0 Å². The summed E-state index contributed by atoms with van der Waals surface area (Å²) >= 11 is 0. The number of nitrogens with zero attached hydrogens (tertiary/aromatic N) is 2. The number of aromatic amines is 1. The zero-order chi connectivity index (χ0) is 15.0. The lowest BCUT2D eigenvalue weighted by Gasteiger charge is -2.50. The molecule has 4 nitrogen and oxygen atoms in total. The van der Waals surface area contributed by atoms with Gasteiger partial charge in [0.05, 0.1) is 6.54 Å². The van der Waals surface area contributed by atoms with Crippen LogP contribution in [0.5, 0.6) is 0 Å². The van der Waals surface area contributed by atoms with Gasteiger partial charge in [-0.25, -0.2) is 4.98 Å². The van der Waals surface area contributed by atoms with Gasteiger partial charge in [-0.3, -0.25) is 4.90 Å². The van der Waals surface area contributed by atoms with E-state index in [0.717, 1.165) is 24.6 Å². The van der Waals surface area contributed by atoms with Gasteiger partial charge in [0.25, 0.3) is 0 Å². The zero-order valence-electron chi connectivity index (χ0n) is 13.0. The third-order valence-corrected chi connectivity index (χ3v) is 5.62. The molecule has 1 saturated carbocycles. The fraction of sp³-hybridized carbons (Fsp3) is 0.500. The van der Waals surface area contributed by atoms with Crippen molar-refractivity contribution < 1.29 is 0 Å². The molecule has 0 radical (unpaired) electrons. The number of anilines is 1. The molecular weight excluding hydrogens is 272 g/mol. The maximum Gasteiger partial charge on any atom is 0.120 e. The Balaban J connectivity index is 1.56.